The van der Waals surface area contributed by atoms with E-state index in [4.69, 9.17) is 15.1 Å². The molecule has 18 rings (SSSR count). The average molecular weight is 1600 g/mol. The summed E-state index contributed by atoms with van der Waals surface area (Å²) in [5.41, 5.74) is 15.5. The number of nitrogens with one attached hydrogen (secondary N) is 4. The normalized spacial score (nSPS) is 13.0. The van der Waals surface area contributed by atoms with Gasteiger partial charge in [0, 0.05) is 69.8 Å². The summed E-state index contributed by atoms with van der Waals surface area (Å²) >= 11 is 0. The number of H-pyrrole nitrogens is 1. The molecule has 588 valence electrons. The number of aliphatic imine (C=N–C) groups is 1. The highest BCUT2D eigenvalue weighted by atomic mass is 32.2. The highest BCUT2D eigenvalue weighted by Gasteiger charge is 2.39. The van der Waals surface area contributed by atoms with Gasteiger partial charge in [-0.05, 0) is 106 Å². The molecule has 23 nitrogen and oxygen atoms in total. The van der Waals surface area contributed by atoms with Crippen molar-refractivity contribution in [2.45, 2.75) is 47.7 Å². The molecule has 15 aromatic rings. The quantitative estimate of drug-likeness (QED) is 0.105. The van der Waals surface area contributed by atoms with E-state index in [-0.39, 0.29) is 27.5 Å². The molecule has 0 atom stereocenters. The number of aryl methyl sites for hydroxylation is 4. The van der Waals surface area contributed by atoms with Crippen molar-refractivity contribution in [2.75, 3.05) is 23.1 Å². The number of halogens is 3. The summed E-state index contributed by atoms with van der Waals surface area (Å²) in [6, 6.07) is 80.8. The van der Waals surface area contributed by atoms with Crippen LogP contribution >= 0.6 is 0 Å². The molecule has 0 bridgehead atoms. The van der Waals surface area contributed by atoms with Gasteiger partial charge in [0.05, 0.1) is 45.7 Å². The number of alkyl halides is 3. The lowest BCUT2D eigenvalue weighted by molar-refractivity contribution is -0.137. The smallest absolute Gasteiger partial charge is 0.419 e. The van der Waals surface area contributed by atoms with Crippen LogP contribution in [0, 0.1) is 61.7 Å². The molecule has 119 heavy (non-hydrogen) atoms. The van der Waals surface area contributed by atoms with E-state index in [9.17, 15) is 41.7 Å². The fourth-order valence-electron chi connectivity index (χ4n) is 13.4. The van der Waals surface area contributed by atoms with Gasteiger partial charge in [0.1, 0.15) is 69.3 Å². The minimum absolute atomic E-state index is 0.0282. The van der Waals surface area contributed by atoms with Gasteiger partial charge in [-0.15, -0.1) is 0 Å². The summed E-state index contributed by atoms with van der Waals surface area (Å²) in [6.45, 7) is 22.9. The second-order valence-electron chi connectivity index (χ2n) is 27.7. The van der Waals surface area contributed by atoms with E-state index in [1.165, 1.54) is 36.9 Å². The lowest BCUT2D eigenvalue weighted by Gasteiger charge is -2.20. The van der Waals surface area contributed by atoms with E-state index < -0.39 is 27.3 Å². The van der Waals surface area contributed by atoms with Gasteiger partial charge in [0.2, 0.25) is 0 Å². The molecular weight excluding hydrogens is 1530 g/mol. The zero-order valence-electron chi connectivity index (χ0n) is 65.2. The number of anilines is 3. The first kappa shape index (κ1) is 79.7. The SMILES string of the molecule is C=C1N=C(c2ccc(C)cc2)n2nc(-c3ccc(C)cc3)cc2N1.C=C1Nc2c(C#N)c(C(F)(F)F)cn2N=C1c1ccccc1.C=c1nc2c(C#N)c(-c3ccccc3)/c(=C\c3ccccc3)n2c(=O)n1-c1ccc(C)cc1.CC1=C(C)S(=O)(=O)n2cc(-c3ccccc3)c(C#N)c2N1.COc1ccc(-c2cc3nc(C)cc(=O)n3[nH]2)cc1. The van der Waals surface area contributed by atoms with Gasteiger partial charge < -0.3 is 20.7 Å². The van der Waals surface area contributed by atoms with Crippen molar-refractivity contribution in [2.24, 2.45) is 10.1 Å². The van der Waals surface area contributed by atoms with Crippen molar-refractivity contribution in [3.05, 3.63) is 377 Å². The molecule has 0 saturated carbocycles. The molecule has 0 unspecified atom stereocenters. The molecule has 4 N–H and O–H groups in total. The minimum Gasteiger partial charge on any atom is -0.497 e. The van der Waals surface area contributed by atoms with Crippen LogP contribution in [-0.4, -0.2) is 74.1 Å². The van der Waals surface area contributed by atoms with Crippen molar-refractivity contribution in [3.63, 3.8) is 0 Å². The fourth-order valence-corrected chi connectivity index (χ4v) is 14.7. The first-order valence-electron chi connectivity index (χ1n) is 37.0. The van der Waals surface area contributed by atoms with E-state index >= 15 is 0 Å². The van der Waals surface area contributed by atoms with Crippen molar-refractivity contribution < 1.29 is 26.3 Å². The Morgan fingerprint density at radius 1 is 0.580 bits per heavy atom. The number of aromatic amines is 1. The molecular formula is C92H73F3N18O5S. The number of nitrogens with zero attached hydrogens (tertiary/aromatic N) is 14. The molecule has 8 aromatic carbocycles. The highest BCUT2D eigenvalue weighted by molar-refractivity contribution is 7.94. The third-order valence-corrected chi connectivity index (χ3v) is 21.4. The van der Waals surface area contributed by atoms with Gasteiger partial charge in [0.15, 0.2) is 22.9 Å². The van der Waals surface area contributed by atoms with Crippen molar-refractivity contribution >= 4 is 63.0 Å². The predicted octanol–water partition coefficient (Wildman–Crippen LogP) is 16.4. The van der Waals surface area contributed by atoms with Gasteiger partial charge >= 0.3 is 11.9 Å². The summed E-state index contributed by atoms with van der Waals surface area (Å²) in [6.07, 6.45) is -0.403. The van der Waals surface area contributed by atoms with Crippen LogP contribution in [0.25, 0.3) is 74.4 Å². The second-order valence-corrected chi connectivity index (χ2v) is 29.6. The Labute approximate surface area is 680 Å². The van der Waals surface area contributed by atoms with E-state index in [1.807, 2.05) is 175 Å². The zero-order chi connectivity index (χ0) is 84.1. The van der Waals surface area contributed by atoms with E-state index in [0.29, 0.717) is 84.6 Å². The maximum absolute atomic E-state index is 13.9. The van der Waals surface area contributed by atoms with Crippen molar-refractivity contribution in [1.29, 1.82) is 15.8 Å². The molecule has 0 aliphatic carbocycles. The monoisotopic (exact) mass is 1600 g/mol. The lowest BCUT2D eigenvalue weighted by Crippen LogP contribution is -2.41. The molecule has 10 heterocycles. The Balaban J connectivity index is 0.000000124. The fraction of sp³-hybridized carbons (Fsp3) is 0.0870. The molecule has 0 spiro atoms. The predicted molar refractivity (Wildman–Crippen MR) is 457 cm³/mol. The zero-order valence-corrected chi connectivity index (χ0v) is 66.0. The van der Waals surface area contributed by atoms with Gasteiger partial charge in [0.25, 0.3) is 15.6 Å². The first-order valence-corrected chi connectivity index (χ1v) is 38.4. The maximum atomic E-state index is 13.9. The third-order valence-electron chi connectivity index (χ3n) is 19.6. The molecule has 0 saturated heterocycles. The Morgan fingerprint density at radius 2 is 1.14 bits per heavy atom. The number of methoxy groups -OCH3 is 1. The molecule has 3 aliphatic rings. The molecule has 7 aromatic heterocycles. The average Bonchev–Trinajstić information content (AvgIpc) is 1.59. The van der Waals surface area contributed by atoms with Crippen LogP contribution in [-0.2, 0) is 16.2 Å². The van der Waals surface area contributed by atoms with Crippen molar-refractivity contribution in [1.82, 2.24) is 47.0 Å². The second kappa shape index (κ2) is 33.3. The van der Waals surface area contributed by atoms with E-state index in [0.717, 1.165) is 82.6 Å². The molecule has 27 heteroatoms. The maximum Gasteiger partial charge on any atom is 0.419 e. The third kappa shape index (κ3) is 16.3. The summed E-state index contributed by atoms with van der Waals surface area (Å²) in [5, 5.41) is 50.1. The molecule has 0 radical (unpaired) electrons. The Bertz CT molecular complexity index is 7100. The topological polar surface area (TPSA) is 293 Å². The van der Waals surface area contributed by atoms with Crippen LogP contribution in [0.2, 0.25) is 0 Å². The van der Waals surface area contributed by atoms with Gasteiger partial charge in [-0.25, -0.2) is 50.3 Å². The number of aromatic nitrogens is 10. The Kier molecular flexibility index (Phi) is 22.3. The lowest BCUT2D eigenvalue weighted by atomic mass is 10.0. The van der Waals surface area contributed by atoms with Gasteiger partial charge in [-0.2, -0.15) is 43.8 Å². The van der Waals surface area contributed by atoms with Crippen LogP contribution < -0.4 is 42.8 Å². The number of fused-ring (bicyclic) bond motifs is 5. The number of allylic oxidation sites excluding steroid dienone is 3. The highest BCUT2D eigenvalue weighted by Crippen LogP contribution is 2.40. The number of nitriles is 3. The number of benzene rings is 8. The van der Waals surface area contributed by atoms with E-state index in [2.05, 4.69) is 135 Å². The Morgan fingerprint density at radius 3 is 1.73 bits per heavy atom. The summed E-state index contributed by atoms with van der Waals surface area (Å²) in [5.74, 6) is 3.35. The van der Waals surface area contributed by atoms with E-state index in [1.54, 1.807) is 58.2 Å². The summed E-state index contributed by atoms with van der Waals surface area (Å²) in [7, 11) is -1.98. The molecule has 0 fully saturated rings. The van der Waals surface area contributed by atoms with Crippen LogP contribution in [0.15, 0.2) is 304 Å². The molecule has 3 aliphatic heterocycles. The first-order chi connectivity index (χ1) is 57.2. The van der Waals surface area contributed by atoms with Crippen LogP contribution in [0.4, 0.5) is 30.6 Å². The number of hydrogen-bond donors (Lipinski definition) is 4. The minimum atomic E-state index is -4.62. The summed E-state index contributed by atoms with van der Waals surface area (Å²) in [4.78, 5) is 39.5. The van der Waals surface area contributed by atoms with Crippen LogP contribution in [0.1, 0.15) is 75.2 Å². The largest absolute Gasteiger partial charge is 0.497 e. The number of hydrogen-bond acceptors (Lipinski definition) is 16. The number of rotatable bonds is 9. The number of ether oxygens (including phenoxy) is 1. The van der Waals surface area contributed by atoms with Crippen molar-refractivity contribution in [3.8, 4) is 74.4 Å². The standard InChI is InChI=1S/C28H20N4O.C20H18N4.C15H9F3N4.C15H13N3O2S.C14H13N3O2/c1-19-13-15-23(16-14-19)31-20(2)30-27-24(18-29)26(22-11-7-4-8-12-22)25(32(27)28(31)33)17-21-9-5-3-6-10-21;1-13-4-8-16(9-5-13)18-12-19-21-15(3)22-20(24(19)23-18)17-10-6-14(2)7-11-17;1-9-13(10-5-3-2-4-6-10)21-22-8-12(15(16,17)18)11(7-19)14(22)20-9;1-10-11(2)21(19,20)18-9-14(12-6-4-3-5-7-12)13(8-16)15(18)17-10;1-9-7-14(18)17-13(15-9)8-12(16-17)10-3-5-11(19-2)6-4-10/h3-17H,2H2,1H3;4-12,21H,3H2,1-2H3;2-6,8,20H,1H2;3-7,9,17H,1-2H3;3-8,16H,1-2H3/b25-17+;;;;. The molecule has 0 amide bonds. The van der Waals surface area contributed by atoms with Crippen LogP contribution in [0.5, 0.6) is 5.75 Å². The summed E-state index contributed by atoms with van der Waals surface area (Å²) < 4.78 is 77.5. The van der Waals surface area contributed by atoms with Gasteiger partial charge in [-0.3, -0.25) is 9.89 Å². The Hall–Kier alpha value is -15.9. The van der Waals surface area contributed by atoms with Crippen LogP contribution in [0.3, 0.4) is 0 Å². The van der Waals surface area contributed by atoms with Gasteiger partial charge in [-0.1, -0.05) is 218 Å².